The van der Waals surface area contributed by atoms with Crippen LogP contribution in [0.25, 0.3) is 0 Å². The molecule has 0 amide bonds. The molecule has 4 heteroatoms. The van der Waals surface area contributed by atoms with E-state index in [0.29, 0.717) is 13.0 Å². The van der Waals surface area contributed by atoms with Crippen LogP contribution in [0, 0.1) is 0 Å². The normalized spacial score (nSPS) is 14.2. The number of aliphatic hydroxyl groups excluding tert-OH is 2. The van der Waals surface area contributed by atoms with Gasteiger partial charge in [0.05, 0.1) is 13.2 Å². The van der Waals surface area contributed by atoms with Crippen LogP contribution in [0.5, 0.6) is 5.75 Å². The fourth-order valence-electron chi connectivity index (χ4n) is 1.90. The lowest BCUT2D eigenvalue weighted by Crippen LogP contribution is -2.35. The molecule has 102 valence electrons. The highest BCUT2D eigenvalue weighted by Crippen LogP contribution is 2.22. The van der Waals surface area contributed by atoms with Crippen molar-refractivity contribution >= 4 is 0 Å². The topological polar surface area (TPSA) is 61.7 Å². The van der Waals surface area contributed by atoms with Gasteiger partial charge in [-0.3, -0.25) is 0 Å². The van der Waals surface area contributed by atoms with Gasteiger partial charge in [-0.15, -0.1) is 0 Å². The molecule has 0 aromatic heterocycles. The second kappa shape index (κ2) is 8.08. The van der Waals surface area contributed by atoms with Crippen LogP contribution < -0.4 is 10.1 Å². The van der Waals surface area contributed by atoms with Gasteiger partial charge >= 0.3 is 0 Å². The van der Waals surface area contributed by atoms with Crippen molar-refractivity contribution < 1.29 is 14.9 Å². The predicted molar refractivity (Wildman–Crippen MR) is 71.7 cm³/mol. The zero-order valence-electron chi connectivity index (χ0n) is 11.1. The molecule has 1 rings (SSSR count). The summed E-state index contributed by atoms with van der Waals surface area (Å²) in [5, 5.41) is 22.3. The van der Waals surface area contributed by atoms with E-state index in [0.717, 1.165) is 17.7 Å². The number of aliphatic hydroxyl groups is 2. The molecule has 2 unspecified atom stereocenters. The van der Waals surface area contributed by atoms with E-state index in [1.807, 2.05) is 31.2 Å². The number of benzene rings is 1. The summed E-state index contributed by atoms with van der Waals surface area (Å²) < 4.78 is 5.15. The van der Waals surface area contributed by atoms with Gasteiger partial charge in [0.1, 0.15) is 5.75 Å². The maximum atomic E-state index is 10.3. The van der Waals surface area contributed by atoms with Gasteiger partial charge in [-0.1, -0.05) is 19.1 Å². The SMILES string of the molecule is CCC(NCCCO)C(O)c1cccc(OC)c1. The summed E-state index contributed by atoms with van der Waals surface area (Å²) in [6, 6.07) is 7.46. The van der Waals surface area contributed by atoms with E-state index in [2.05, 4.69) is 5.32 Å². The van der Waals surface area contributed by atoms with Crippen molar-refractivity contribution in [2.75, 3.05) is 20.3 Å². The highest BCUT2D eigenvalue weighted by Gasteiger charge is 2.18. The Morgan fingerprint density at radius 2 is 2.17 bits per heavy atom. The molecule has 4 nitrogen and oxygen atoms in total. The zero-order valence-corrected chi connectivity index (χ0v) is 11.1. The molecule has 2 atom stereocenters. The number of hydrogen-bond acceptors (Lipinski definition) is 4. The monoisotopic (exact) mass is 253 g/mol. The summed E-state index contributed by atoms with van der Waals surface area (Å²) in [7, 11) is 1.61. The molecule has 0 fully saturated rings. The molecule has 0 aliphatic heterocycles. The lowest BCUT2D eigenvalue weighted by Gasteiger charge is -2.23. The van der Waals surface area contributed by atoms with Gasteiger partial charge in [0.2, 0.25) is 0 Å². The number of hydrogen-bond donors (Lipinski definition) is 3. The van der Waals surface area contributed by atoms with Crippen molar-refractivity contribution in [2.24, 2.45) is 0 Å². The smallest absolute Gasteiger partial charge is 0.119 e. The Morgan fingerprint density at radius 1 is 1.39 bits per heavy atom. The fourth-order valence-corrected chi connectivity index (χ4v) is 1.90. The van der Waals surface area contributed by atoms with Gasteiger partial charge in [0.25, 0.3) is 0 Å². The molecule has 0 heterocycles. The Labute approximate surface area is 109 Å². The standard InChI is InChI=1S/C14H23NO3/c1-3-13(15-8-5-9-16)14(17)11-6-4-7-12(10-11)18-2/h4,6-7,10,13-17H,3,5,8-9H2,1-2H3. The number of methoxy groups -OCH3 is 1. The third-order valence-electron chi connectivity index (χ3n) is 3.00. The molecular weight excluding hydrogens is 230 g/mol. The van der Waals surface area contributed by atoms with Crippen molar-refractivity contribution in [3.63, 3.8) is 0 Å². The second-order valence-electron chi connectivity index (χ2n) is 4.27. The van der Waals surface area contributed by atoms with Crippen molar-refractivity contribution in [3.8, 4) is 5.75 Å². The first-order valence-corrected chi connectivity index (χ1v) is 6.39. The first-order valence-electron chi connectivity index (χ1n) is 6.39. The minimum atomic E-state index is -0.566. The van der Waals surface area contributed by atoms with Crippen LogP contribution in [-0.2, 0) is 0 Å². The van der Waals surface area contributed by atoms with E-state index in [1.54, 1.807) is 7.11 Å². The Balaban J connectivity index is 2.66. The van der Waals surface area contributed by atoms with E-state index < -0.39 is 6.10 Å². The average Bonchev–Trinajstić information content (AvgIpc) is 2.43. The minimum absolute atomic E-state index is 0.0105. The van der Waals surface area contributed by atoms with Gasteiger partial charge in [0, 0.05) is 12.6 Å². The molecule has 0 radical (unpaired) electrons. The lowest BCUT2D eigenvalue weighted by atomic mass is 10.00. The molecule has 0 saturated heterocycles. The van der Waals surface area contributed by atoms with Crippen LogP contribution in [0.15, 0.2) is 24.3 Å². The maximum Gasteiger partial charge on any atom is 0.119 e. The molecule has 0 aliphatic carbocycles. The lowest BCUT2D eigenvalue weighted by molar-refractivity contribution is 0.124. The summed E-state index contributed by atoms with van der Waals surface area (Å²) in [5.74, 6) is 0.747. The molecule has 0 bridgehead atoms. The maximum absolute atomic E-state index is 10.3. The molecule has 0 spiro atoms. The summed E-state index contributed by atoms with van der Waals surface area (Å²) in [6.07, 6.45) is 0.953. The average molecular weight is 253 g/mol. The fraction of sp³-hybridized carbons (Fsp3) is 0.571. The van der Waals surface area contributed by atoms with E-state index in [9.17, 15) is 5.11 Å². The third-order valence-corrected chi connectivity index (χ3v) is 3.00. The van der Waals surface area contributed by atoms with Crippen molar-refractivity contribution in [3.05, 3.63) is 29.8 Å². The summed E-state index contributed by atoms with van der Waals surface area (Å²) in [5.41, 5.74) is 0.845. The first-order chi connectivity index (χ1) is 8.72. The van der Waals surface area contributed by atoms with Gasteiger partial charge in [-0.2, -0.15) is 0 Å². The zero-order chi connectivity index (χ0) is 13.4. The van der Waals surface area contributed by atoms with Crippen LogP contribution in [0.3, 0.4) is 0 Å². The Bertz CT molecular complexity index is 344. The van der Waals surface area contributed by atoms with Gasteiger partial charge in [-0.05, 0) is 37.1 Å². The number of nitrogens with one attached hydrogen (secondary N) is 1. The van der Waals surface area contributed by atoms with Crippen LogP contribution in [0.4, 0.5) is 0 Å². The summed E-state index contributed by atoms with van der Waals surface area (Å²) in [4.78, 5) is 0. The quantitative estimate of drug-likeness (QED) is 0.614. The van der Waals surface area contributed by atoms with Crippen LogP contribution in [0.2, 0.25) is 0 Å². The minimum Gasteiger partial charge on any atom is -0.497 e. The van der Waals surface area contributed by atoms with E-state index in [-0.39, 0.29) is 12.6 Å². The van der Waals surface area contributed by atoms with E-state index in [1.165, 1.54) is 0 Å². The number of ether oxygens (including phenoxy) is 1. The molecule has 0 saturated carbocycles. The number of rotatable bonds is 8. The van der Waals surface area contributed by atoms with Crippen molar-refractivity contribution in [1.29, 1.82) is 0 Å². The van der Waals surface area contributed by atoms with Crippen LogP contribution in [-0.4, -0.2) is 36.5 Å². The molecular formula is C14H23NO3. The highest BCUT2D eigenvalue weighted by atomic mass is 16.5. The first kappa shape index (κ1) is 15.0. The summed E-state index contributed by atoms with van der Waals surface area (Å²) >= 11 is 0. The van der Waals surface area contributed by atoms with E-state index in [4.69, 9.17) is 9.84 Å². The third kappa shape index (κ3) is 4.29. The molecule has 18 heavy (non-hydrogen) atoms. The predicted octanol–water partition coefficient (Wildman–Crippen LogP) is 1.48. The van der Waals surface area contributed by atoms with Gasteiger partial charge in [0.15, 0.2) is 0 Å². The molecule has 1 aromatic rings. The second-order valence-corrected chi connectivity index (χ2v) is 4.27. The Morgan fingerprint density at radius 3 is 2.78 bits per heavy atom. The largest absolute Gasteiger partial charge is 0.497 e. The van der Waals surface area contributed by atoms with Gasteiger partial charge in [-0.25, -0.2) is 0 Å². The highest BCUT2D eigenvalue weighted by molar-refractivity contribution is 5.30. The van der Waals surface area contributed by atoms with Gasteiger partial charge < -0.3 is 20.3 Å². The van der Waals surface area contributed by atoms with Crippen LogP contribution in [0.1, 0.15) is 31.4 Å². The molecule has 0 aliphatic rings. The van der Waals surface area contributed by atoms with E-state index >= 15 is 0 Å². The summed E-state index contributed by atoms with van der Waals surface area (Å²) in [6.45, 7) is 2.90. The Kier molecular flexibility index (Phi) is 6.72. The van der Waals surface area contributed by atoms with Crippen LogP contribution >= 0.6 is 0 Å². The molecule has 3 N–H and O–H groups in total. The van der Waals surface area contributed by atoms with Crippen molar-refractivity contribution in [2.45, 2.75) is 31.9 Å². The Hall–Kier alpha value is -1.10. The van der Waals surface area contributed by atoms with Crippen molar-refractivity contribution in [1.82, 2.24) is 5.32 Å². The molecule has 1 aromatic carbocycles.